The number of methoxy groups -OCH3 is 1. The third-order valence-corrected chi connectivity index (χ3v) is 8.73. The zero-order valence-electron chi connectivity index (χ0n) is 23.0. The molecule has 1 atom stereocenters. The Balaban J connectivity index is 2.06. The van der Waals surface area contributed by atoms with Gasteiger partial charge in [-0.15, -0.1) is 0 Å². The zero-order valence-corrected chi connectivity index (χ0v) is 25.3. The number of hydrogen-bond acceptors (Lipinski definition) is 5. The van der Waals surface area contributed by atoms with Crippen LogP contribution < -0.4 is 14.4 Å². The summed E-state index contributed by atoms with van der Waals surface area (Å²) in [5.41, 5.74) is 1.67. The molecule has 0 unspecified atom stereocenters. The second-order valence-corrected chi connectivity index (χ2v) is 12.3. The number of rotatable bonds is 11. The maximum Gasteiger partial charge on any atom is 0.264 e. The van der Waals surface area contributed by atoms with Crippen LogP contribution in [0.2, 0.25) is 10.0 Å². The van der Waals surface area contributed by atoms with Crippen LogP contribution in [0, 0.1) is 6.92 Å². The molecule has 214 valence electrons. The van der Waals surface area contributed by atoms with Gasteiger partial charge in [-0.3, -0.25) is 13.9 Å². The van der Waals surface area contributed by atoms with Crippen LogP contribution in [0.1, 0.15) is 31.9 Å². The molecule has 0 aromatic heterocycles. The van der Waals surface area contributed by atoms with Crippen LogP contribution in [0.25, 0.3) is 0 Å². The van der Waals surface area contributed by atoms with E-state index >= 15 is 0 Å². The minimum absolute atomic E-state index is 0.0204. The number of amides is 2. The van der Waals surface area contributed by atoms with E-state index in [-0.39, 0.29) is 17.5 Å². The summed E-state index contributed by atoms with van der Waals surface area (Å²) in [5, 5.41) is 3.45. The predicted molar refractivity (Wildman–Crippen MR) is 158 cm³/mol. The maximum absolute atomic E-state index is 14.0. The van der Waals surface area contributed by atoms with Crippen LogP contribution in [0.4, 0.5) is 5.69 Å². The molecule has 3 aromatic rings. The van der Waals surface area contributed by atoms with Gasteiger partial charge in [0.25, 0.3) is 10.0 Å². The SMILES string of the molecule is COc1ccc(S(=O)(=O)N(CC(=O)N(Cc2c(Cl)cccc2Cl)[C@H](C)C(=O)NC(C)C)c2ccc(C)cc2)cc1. The third kappa shape index (κ3) is 7.47. The van der Waals surface area contributed by atoms with Crippen molar-refractivity contribution >= 4 is 50.7 Å². The molecule has 0 aliphatic carbocycles. The highest BCUT2D eigenvalue weighted by Crippen LogP contribution is 2.29. The largest absolute Gasteiger partial charge is 0.497 e. The molecule has 0 saturated carbocycles. The van der Waals surface area contributed by atoms with E-state index in [0.29, 0.717) is 27.0 Å². The number of carbonyl (C=O) groups is 2. The highest BCUT2D eigenvalue weighted by Gasteiger charge is 2.33. The molecule has 0 spiro atoms. The normalized spacial score (nSPS) is 12.1. The van der Waals surface area contributed by atoms with Gasteiger partial charge in [-0.05, 0) is 76.2 Å². The summed E-state index contributed by atoms with van der Waals surface area (Å²) < 4.78 is 34.0. The number of benzene rings is 3. The zero-order chi connectivity index (χ0) is 29.6. The number of carbonyl (C=O) groups excluding carboxylic acids is 2. The highest BCUT2D eigenvalue weighted by molar-refractivity contribution is 7.92. The number of ether oxygens (including phenoxy) is 1. The first-order chi connectivity index (χ1) is 18.8. The van der Waals surface area contributed by atoms with Crippen molar-refractivity contribution in [1.82, 2.24) is 10.2 Å². The van der Waals surface area contributed by atoms with Crippen LogP contribution in [0.3, 0.4) is 0 Å². The van der Waals surface area contributed by atoms with E-state index in [1.54, 1.807) is 49.4 Å². The van der Waals surface area contributed by atoms with Crippen LogP contribution in [0.15, 0.2) is 71.6 Å². The molecular formula is C29H33Cl2N3O5S. The molecule has 8 nitrogen and oxygen atoms in total. The van der Waals surface area contributed by atoms with Crippen molar-refractivity contribution in [3.8, 4) is 5.75 Å². The van der Waals surface area contributed by atoms with Crippen molar-refractivity contribution in [2.45, 2.75) is 51.2 Å². The number of anilines is 1. The maximum atomic E-state index is 14.0. The van der Waals surface area contributed by atoms with Gasteiger partial charge in [-0.2, -0.15) is 0 Å². The van der Waals surface area contributed by atoms with Crippen LogP contribution in [-0.4, -0.2) is 50.9 Å². The van der Waals surface area contributed by atoms with Gasteiger partial charge < -0.3 is 15.0 Å². The molecule has 0 fully saturated rings. The van der Waals surface area contributed by atoms with E-state index in [1.165, 1.54) is 36.3 Å². The first-order valence-corrected chi connectivity index (χ1v) is 14.8. The van der Waals surface area contributed by atoms with Crippen molar-refractivity contribution < 1.29 is 22.7 Å². The molecule has 0 bridgehead atoms. The average molecular weight is 607 g/mol. The molecule has 11 heteroatoms. The number of nitrogens with zero attached hydrogens (tertiary/aromatic N) is 2. The minimum atomic E-state index is -4.20. The van der Waals surface area contributed by atoms with Crippen molar-refractivity contribution in [2.24, 2.45) is 0 Å². The van der Waals surface area contributed by atoms with Crippen LogP contribution in [-0.2, 0) is 26.2 Å². The Morgan fingerprint density at radius 2 is 1.50 bits per heavy atom. The van der Waals surface area contributed by atoms with Crippen LogP contribution >= 0.6 is 23.2 Å². The van der Waals surface area contributed by atoms with Crippen molar-refractivity contribution in [3.63, 3.8) is 0 Å². The summed E-state index contributed by atoms with van der Waals surface area (Å²) >= 11 is 12.8. The first kappa shape index (κ1) is 31.3. The molecule has 0 aliphatic heterocycles. The predicted octanol–water partition coefficient (Wildman–Crippen LogP) is 5.45. The summed E-state index contributed by atoms with van der Waals surface area (Å²) in [5.74, 6) is -0.517. The minimum Gasteiger partial charge on any atom is -0.497 e. The average Bonchev–Trinajstić information content (AvgIpc) is 2.91. The topological polar surface area (TPSA) is 96.0 Å². The molecule has 0 radical (unpaired) electrons. The van der Waals surface area contributed by atoms with Crippen LogP contribution in [0.5, 0.6) is 5.75 Å². The van der Waals surface area contributed by atoms with Gasteiger partial charge in [0.15, 0.2) is 0 Å². The first-order valence-electron chi connectivity index (χ1n) is 12.6. The standard InChI is InChI=1S/C29H33Cl2N3O5S/c1-19(2)32-29(36)21(4)33(17-25-26(30)7-6-8-27(25)31)28(35)18-34(22-11-9-20(3)10-12-22)40(37,38)24-15-13-23(39-5)14-16-24/h6-16,19,21H,17-18H2,1-5H3,(H,32,36)/t21-/m1/s1. The summed E-state index contributed by atoms with van der Waals surface area (Å²) in [6, 6.07) is 16.5. The lowest BCUT2D eigenvalue weighted by Gasteiger charge is -2.32. The molecule has 0 heterocycles. The fourth-order valence-corrected chi connectivity index (χ4v) is 5.89. The number of nitrogens with one attached hydrogen (secondary N) is 1. The van der Waals surface area contributed by atoms with Crippen molar-refractivity contribution in [1.29, 1.82) is 0 Å². The molecule has 3 rings (SSSR count). The van der Waals surface area contributed by atoms with Gasteiger partial charge in [0.2, 0.25) is 11.8 Å². The van der Waals surface area contributed by atoms with E-state index in [4.69, 9.17) is 27.9 Å². The Hall–Kier alpha value is -3.27. The lowest BCUT2D eigenvalue weighted by atomic mass is 10.1. The monoisotopic (exact) mass is 605 g/mol. The van der Waals surface area contributed by atoms with Gasteiger partial charge in [0, 0.05) is 28.2 Å². The number of aryl methyl sites for hydroxylation is 1. The van der Waals surface area contributed by atoms with Gasteiger partial charge in [0.05, 0.1) is 17.7 Å². The van der Waals surface area contributed by atoms with E-state index in [9.17, 15) is 18.0 Å². The Morgan fingerprint density at radius 3 is 2.02 bits per heavy atom. The van der Waals surface area contributed by atoms with Gasteiger partial charge in [0.1, 0.15) is 18.3 Å². The van der Waals surface area contributed by atoms with E-state index in [1.807, 2.05) is 20.8 Å². The van der Waals surface area contributed by atoms with Crippen molar-refractivity contribution in [2.75, 3.05) is 18.0 Å². The molecule has 3 aromatic carbocycles. The Labute approximate surface area is 245 Å². The third-order valence-electron chi connectivity index (χ3n) is 6.24. The van der Waals surface area contributed by atoms with E-state index in [2.05, 4.69) is 5.32 Å². The van der Waals surface area contributed by atoms with E-state index in [0.717, 1.165) is 9.87 Å². The van der Waals surface area contributed by atoms with Gasteiger partial charge in [-0.1, -0.05) is 47.0 Å². The molecular weight excluding hydrogens is 573 g/mol. The molecule has 0 saturated heterocycles. The number of sulfonamides is 1. The van der Waals surface area contributed by atoms with Gasteiger partial charge in [-0.25, -0.2) is 8.42 Å². The second-order valence-electron chi connectivity index (χ2n) is 9.58. The molecule has 0 aliphatic rings. The smallest absolute Gasteiger partial charge is 0.264 e. The summed E-state index contributed by atoms with van der Waals surface area (Å²) in [4.78, 5) is 28.2. The second kappa shape index (κ2) is 13.4. The fourth-order valence-electron chi connectivity index (χ4n) is 3.96. The van der Waals surface area contributed by atoms with E-state index < -0.39 is 34.4 Å². The lowest BCUT2D eigenvalue weighted by molar-refractivity contribution is -0.139. The van der Waals surface area contributed by atoms with Gasteiger partial charge >= 0.3 is 0 Å². The number of hydrogen-bond donors (Lipinski definition) is 1. The summed E-state index contributed by atoms with van der Waals surface area (Å²) in [7, 11) is -2.71. The molecule has 2 amide bonds. The highest BCUT2D eigenvalue weighted by atomic mass is 35.5. The summed E-state index contributed by atoms with van der Waals surface area (Å²) in [6.45, 7) is 6.40. The Bertz CT molecular complexity index is 1430. The molecule has 40 heavy (non-hydrogen) atoms. The quantitative estimate of drug-likeness (QED) is 0.313. The fraction of sp³-hybridized carbons (Fsp3) is 0.310. The summed E-state index contributed by atoms with van der Waals surface area (Å²) in [6.07, 6.45) is 0. The van der Waals surface area contributed by atoms with Crippen molar-refractivity contribution in [3.05, 3.63) is 87.9 Å². The Kier molecular flexibility index (Phi) is 10.5. The lowest BCUT2D eigenvalue weighted by Crippen LogP contribution is -2.52. The number of halogens is 2. The Morgan fingerprint density at radius 1 is 0.925 bits per heavy atom. The molecule has 1 N–H and O–H groups in total.